The summed E-state index contributed by atoms with van der Waals surface area (Å²) in [5.41, 5.74) is 1.68. The highest BCUT2D eigenvalue weighted by Crippen LogP contribution is 2.14. The molecule has 5 heteroatoms. The van der Waals surface area contributed by atoms with E-state index in [4.69, 9.17) is 5.11 Å². The fourth-order valence-corrected chi connectivity index (χ4v) is 1.62. The first kappa shape index (κ1) is 12.3. The SMILES string of the molecule is O=C(CCCO)Nc1cccc(-n2ccnc2)c1. The van der Waals surface area contributed by atoms with E-state index in [0.29, 0.717) is 12.8 Å². The van der Waals surface area contributed by atoms with Crippen LogP contribution in [0.3, 0.4) is 0 Å². The molecule has 0 aliphatic carbocycles. The number of amides is 1. The lowest BCUT2D eigenvalue weighted by molar-refractivity contribution is -0.116. The van der Waals surface area contributed by atoms with Gasteiger partial charge in [-0.3, -0.25) is 4.79 Å². The maximum Gasteiger partial charge on any atom is 0.224 e. The van der Waals surface area contributed by atoms with Crippen molar-refractivity contribution in [2.75, 3.05) is 11.9 Å². The maximum absolute atomic E-state index is 11.5. The highest BCUT2D eigenvalue weighted by Gasteiger charge is 2.03. The molecule has 1 heterocycles. The van der Waals surface area contributed by atoms with E-state index in [0.717, 1.165) is 11.4 Å². The summed E-state index contributed by atoms with van der Waals surface area (Å²) in [6.45, 7) is 0.0303. The van der Waals surface area contributed by atoms with Crippen LogP contribution in [-0.4, -0.2) is 27.2 Å². The molecule has 0 radical (unpaired) electrons. The molecule has 0 fully saturated rings. The Balaban J connectivity index is 2.06. The number of aromatic nitrogens is 2. The number of benzene rings is 1. The minimum Gasteiger partial charge on any atom is -0.396 e. The lowest BCUT2D eigenvalue weighted by atomic mass is 10.2. The molecule has 0 atom stereocenters. The van der Waals surface area contributed by atoms with Crippen molar-refractivity contribution >= 4 is 11.6 Å². The Labute approximate surface area is 105 Å². The summed E-state index contributed by atoms with van der Waals surface area (Å²) in [5, 5.41) is 11.5. The van der Waals surface area contributed by atoms with E-state index >= 15 is 0 Å². The standard InChI is InChI=1S/C13H15N3O2/c17-8-2-5-13(18)15-11-3-1-4-12(9-11)16-7-6-14-10-16/h1,3-4,6-7,9-10,17H,2,5,8H2,(H,15,18). The van der Waals surface area contributed by atoms with E-state index in [1.165, 1.54) is 0 Å². The van der Waals surface area contributed by atoms with Crippen LogP contribution in [-0.2, 0) is 4.79 Å². The van der Waals surface area contributed by atoms with E-state index < -0.39 is 0 Å². The summed E-state index contributed by atoms with van der Waals surface area (Å²) in [7, 11) is 0. The van der Waals surface area contributed by atoms with E-state index in [2.05, 4.69) is 10.3 Å². The van der Waals surface area contributed by atoms with Gasteiger partial charge in [0.25, 0.3) is 0 Å². The molecule has 2 rings (SSSR count). The second kappa shape index (κ2) is 5.97. The van der Waals surface area contributed by atoms with Gasteiger partial charge in [-0.05, 0) is 24.6 Å². The van der Waals surface area contributed by atoms with Gasteiger partial charge in [-0.25, -0.2) is 4.98 Å². The van der Waals surface area contributed by atoms with Crippen LogP contribution in [0, 0.1) is 0 Å². The van der Waals surface area contributed by atoms with Crippen molar-refractivity contribution in [3.8, 4) is 5.69 Å². The van der Waals surface area contributed by atoms with Gasteiger partial charge in [0.05, 0.1) is 6.33 Å². The predicted molar refractivity (Wildman–Crippen MR) is 68.5 cm³/mol. The Morgan fingerprint density at radius 3 is 3.06 bits per heavy atom. The molecule has 0 unspecified atom stereocenters. The summed E-state index contributed by atoms with van der Waals surface area (Å²) >= 11 is 0. The first-order valence-corrected chi connectivity index (χ1v) is 5.79. The average molecular weight is 245 g/mol. The number of hydrogen-bond donors (Lipinski definition) is 2. The normalized spacial score (nSPS) is 10.3. The second-order valence-electron chi connectivity index (χ2n) is 3.90. The van der Waals surface area contributed by atoms with Crippen molar-refractivity contribution in [3.05, 3.63) is 43.0 Å². The van der Waals surface area contributed by atoms with Crippen molar-refractivity contribution in [1.29, 1.82) is 0 Å². The highest BCUT2D eigenvalue weighted by molar-refractivity contribution is 5.90. The minimum absolute atomic E-state index is 0.0303. The summed E-state index contributed by atoms with van der Waals surface area (Å²) in [6, 6.07) is 7.51. The van der Waals surface area contributed by atoms with Gasteiger partial charge in [-0.2, -0.15) is 0 Å². The molecular formula is C13H15N3O2. The molecule has 0 aliphatic heterocycles. The van der Waals surface area contributed by atoms with Crippen molar-refractivity contribution in [1.82, 2.24) is 9.55 Å². The highest BCUT2D eigenvalue weighted by atomic mass is 16.3. The number of carbonyl (C=O) groups is 1. The number of imidazole rings is 1. The van der Waals surface area contributed by atoms with Crippen LogP contribution in [0.4, 0.5) is 5.69 Å². The average Bonchev–Trinajstić information content (AvgIpc) is 2.90. The van der Waals surface area contributed by atoms with E-state index in [1.807, 2.05) is 35.0 Å². The quantitative estimate of drug-likeness (QED) is 0.840. The largest absolute Gasteiger partial charge is 0.396 e. The zero-order valence-corrected chi connectivity index (χ0v) is 9.91. The van der Waals surface area contributed by atoms with Crippen LogP contribution in [0.1, 0.15) is 12.8 Å². The third kappa shape index (κ3) is 3.18. The minimum atomic E-state index is -0.0909. The van der Waals surface area contributed by atoms with Gasteiger partial charge in [-0.1, -0.05) is 6.07 Å². The van der Waals surface area contributed by atoms with Crippen LogP contribution >= 0.6 is 0 Å². The molecular weight excluding hydrogens is 230 g/mol. The zero-order valence-electron chi connectivity index (χ0n) is 9.91. The second-order valence-corrected chi connectivity index (χ2v) is 3.90. The summed E-state index contributed by atoms with van der Waals surface area (Å²) in [6.07, 6.45) is 6.05. The molecule has 0 aliphatic rings. The number of anilines is 1. The van der Waals surface area contributed by atoms with Crippen LogP contribution in [0.25, 0.3) is 5.69 Å². The third-order valence-electron chi connectivity index (χ3n) is 2.49. The molecule has 2 N–H and O–H groups in total. The van der Waals surface area contributed by atoms with Crippen LogP contribution in [0.15, 0.2) is 43.0 Å². The fraction of sp³-hybridized carbons (Fsp3) is 0.231. The van der Waals surface area contributed by atoms with Crippen LogP contribution in [0.5, 0.6) is 0 Å². The lowest BCUT2D eigenvalue weighted by Crippen LogP contribution is -2.11. The first-order chi connectivity index (χ1) is 8.79. The summed E-state index contributed by atoms with van der Waals surface area (Å²) < 4.78 is 1.86. The fourth-order valence-electron chi connectivity index (χ4n) is 1.62. The summed E-state index contributed by atoms with van der Waals surface area (Å²) in [4.78, 5) is 15.5. The van der Waals surface area contributed by atoms with Crippen molar-refractivity contribution in [2.24, 2.45) is 0 Å². The molecule has 1 aromatic carbocycles. The molecule has 0 saturated heterocycles. The van der Waals surface area contributed by atoms with Gasteiger partial charge in [0.2, 0.25) is 5.91 Å². The molecule has 94 valence electrons. The maximum atomic E-state index is 11.5. The molecule has 1 amide bonds. The van der Waals surface area contributed by atoms with Gasteiger partial charge in [0.1, 0.15) is 0 Å². The monoisotopic (exact) mass is 245 g/mol. The van der Waals surface area contributed by atoms with E-state index in [1.54, 1.807) is 12.5 Å². The van der Waals surface area contributed by atoms with Crippen molar-refractivity contribution in [2.45, 2.75) is 12.8 Å². The van der Waals surface area contributed by atoms with Crippen LogP contribution in [0.2, 0.25) is 0 Å². The van der Waals surface area contributed by atoms with Gasteiger partial charge in [0.15, 0.2) is 0 Å². The zero-order chi connectivity index (χ0) is 12.8. The molecule has 0 spiro atoms. The van der Waals surface area contributed by atoms with Gasteiger partial charge < -0.3 is 15.0 Å². The van der Waals surface area contributed by atoms with E-state index in [9.17, 15) is 4.79 Å². The third-order valence-corrected chi connectivity index (χ3v) is 2.49. The smallest absolute Gasteiger partial charge is 0.224 e. The Hall–Kier alpha value is -2.14. The number of nitrogens with zero attached hydrogens (tertiary/aromatic N) is 2. The topological polar surface area (TPSA) is 67.2 Å². The Morgan fingerprint density at radius 2 is 2.33 bits per heavy atom. The van der Waals surface area contributed by atoms with Gasteiger partial charge >= 0.3 is 0 Å². The number of aliphatic hydroxyl groups is 1. The van der Waals surface area contributed by atoms with E-state index in [-0.39, 0.29) is 12.5 Å². The lowest BCUT2D eigenvalue weighted by Gasteiger charge is -2.07. The molecule has 0 saturated carbocycles. The Bertz CT molecular complexity index is 509. The van der Waals surface area contributed by atoms with Crippen LogP contribution < -0.4 is 5.32 Å². The Morgan fingerprint density at radius 1 is 1.44 bits per heavy atom. The molecule has 1 aromatic heterocycles. The molecule has 0 bridgehead atoms. The van der Waals surface area contributed by atoms with Crippen molar-refractivity contribution in [3.63, 3.8) is 0 Å². The Kier molecular flexibility index (Phi) is 4.09. The number of nitrogens with one attached hydrogen (secondary N) is 1. The number of rotatable bonds is 5. The summed E-state index contributed by atoms with van der Waals surface area (Å²) in [5.74, 6) is -0.0909. The van der Waals surface area contributed by atoms with Crippen molar-refractivity contribution < 1.29 is 9.90 Å². The molecule has 2 aromatic rings. The molecule has 18 heavy (non-hydrogen) atoms. The predicted octanol–water partition coefficient (Wildman–Crippen LogP) is 1.58. The van der Waals surface area contributed by atoms with Gasteiger partial charge in [-0.15, -0.1) is 0 Å². The number of hydrogen-bond acceptors (Lipinski definition) is 3. The first-order valence-electron chi connectivity index (χ1n) is 5.79. The number of aliphatic hydroxyl groups excluding tert-OH is 1. The van der Waals surface area contributed by atoms with Gasteiger partial charge in [0, 0.05) is 36.8 Å². The molecule has 5 nitrogen and oxygen atoms in total. The number of carbonyl (C=O) groups excluding carboxylic acids is 1.